The zero-order valence-corrected chi connectivity index (χ0v) is 24.4. The van der Waals surface area contributed by atoms with Crippen LogP contribution in [-0.4, -0.2) is 74.5 Å². The van der Waals surface area contributed by atoms with Crippen molar-refractivity contribution in [3.8, 4) is 0 Å². The lowest BCUT2D eigenvalue weighted by Crippen LogP contribution is -2.38. The van der Waals surface area contributed by atoms with Gasteiger partial charge in [-0.2, -0.15) is 43.9 Å². The standard InChI is InChI=1S/C27H42F10N2O4/c1-4-6-14-38-20(10-8-12-24(28,29)26(32,33)34)17-42-22(40)16-19(3)23(41)43-18-21(39-15-7-5-2)11-9-13-25(30,31)27(35,36)37/h20-21,38-39H,3-18H2,1-2H3. The lowest BCUT2D eigenvalue weighted by Gasteiger charge is -2.22. The zero-order valence-electron chi connectivity index (χ0n) is 24.4. The summed E-state index contributed by atoms with van der Waals surface area (Å²) < 4.78 is 137. The average Bonchev–Trinajstić information content (AvgIpc) is 2.88. The minimum absolute atomic E-state index is 0.146. The number of nitrogens with one attached hydrogen (secondary N) is 2. The number of hydrogen-bond acceptors (Lipinski definition) is 6. The number of rotatable bonds is 23. The van der Waals surface area contributed by atoms with Crippen LogP contribution in [0.2, 0.25) is 0 Å². The first-order valence-electron chi connectivity index (χ1n) is 14.1. The lowest BCUT2D eigenvalue weighted by atomic mass is 10.1. The van der Waals surface area contributed by atoms with E-state index in [1.807, 2.05) is 13.8 Å². The Morgan fingerprint density at radius 1 is 0.674 bits per heavy atom. The van der Waals surface area contributed by atoms with Crippen molar-refractivity contribution in [2.45, 2.75) is 121 Å². The molecule has 0 rings (SSSR count). The Bertz CT molecular complexity index is 836. The van der Waals surface area contributed by atoms with Crippen LogP contribution in [-0.2, 0) is 19.1 Å². The second-order valence-corrected chi connectivity index (χ2v) is 10.3. The Morgan fingerprint density at radius 2 is 1.07 bits per heavy atom. The molecule has 2 unspecified atom stereocenters. The smallest absolute Gasteiger partial charge is 0.453 e. The Hall–Kier alpha value is -2.10. The Balaban J connectivity index is 4.85. The van der Waals surface area contributed by atoms with Gasteiger partial charge in [0.15, 0.2) is 0 Å². The van der Waals surface area contributed by atoms with E-state index in [-0.39, 0.29) is 31.6 Å². The number of hydrogen-bond donors (Lipinski definition) is 2. The van der Waals surface area contributed by atoms with Gasteiger partial charge < -0.3 is 20.1 Å². The maximum atomic E-state index is 13.2. The molecule has 0 aromatic rings. The molecule has 0 aromatic carbocycles. The van der Waals surface area contributed by atoms with Gasteiger partial charge in [0.1, 0.15) is 13.2 Å². The van der Waals surface area contributed by atoms with Crippen LogP contribution in [0.15, 0.2) is 12.2 Å². The fourth-order valence-corrected chi connectivity index (χ4v) is 3.65. The van der Waals surface area contributed by atoms with E-state index in [4.69, 9.17) is 9.47 Å². The fourth-order valence-electron chi connectivity index (χ4n) is 3.65. The highest BCUT2D eigenvalue weighted by Crippen LogP contribution is 2.40. The fraction of sp³-hybridized carbons (Fsp3) is 0.852. The van der Waals surface area contributed by atoms with Crippen molar-refractivity contribution in [1.82, 2.24) is 10.6 Å². The lowest BCUT2D eigenvalue weighted by molar-refractivity contribution is -0.284. The van der Waals surface area contributed by atoms with Gasteiger partial charge in [-0.15, -0.1) is 0 Å². The third-order valence-corrected chi connectivity index (χ3v) is 6.35. The molecule has 0 fully saturated rings. The number of ether oxygens (including phenoxy) is 2. The molecule has 0 amide bonds. The van der Waals surface area contributed by atoms with Gasteiger partial charge in [0, 0.05) is 30.5 Å². The molecule has 0 bridgehead atoms. The molecule has 0 aliphatic heterocycles. The van der Waals surface area contributed by atoms with Gasteiger partial charge in [-0.25, -0.2) is 4.79 Å². The van der Waals surface area contributed by atoms with E-state index < -0.39 is 80.3 Å². The van der Waals surface area contributed by atoms with E-state index in [2.05, 4.69) is 17.2 Å². The molecule has 2 atom stereocenters. The minimum Gasteiger partial charge on any atom is -0.464 e. The second kappa shape index (κ2) is 19.3. The molecule has 43 heavy (non-hydrogen) atoms. The number of carbonyl (C=O) groups excluding carboxylic acids is 2. The first-order valence-corrected chi connectivity index (χ1v) is 14.1. The molecule has 0 saturated carbocycles. The Kier molecular flexibility index (Phi) is 18.4. The van der Waals surface area contributed by atoms with Crippen molar-refractivity contribution in [3.63, 3.8) is 0 Å². The van der Waals surface area contributed by atoms with Crippen LogP contribution in [0.4, 0.5) is 43.9 Å². The first kappa shape index (κ1) is 40.9. The summed E-state index contributed by atoms with van der Waals surface area (Å²) in [5.74, 6) is -11.7. The highest BCUT2D eigenvalue weighted by atomic mass is 19.4. The SMILES string of the molecule is C=C(CC(=O)OCC(CCCC(F)(F)C(F)(F)F)NCCCC)C(=O)OCC(CCCC(F)(F)C(F)(F)F)NCCCC. The Labute approximate surface area is 245 Å². The summed E-state index contributed by atoms with van der Waals surface area (Å²) in [5.41, 5.74) is -0.346. The maximum absolute atomic E-state index is 13.2. The van der Waals surface area contributed by atoms with Gasteiger partial charge in [0.25, 0.3) is 0 Å². The van der Waals surface area contributed by atoms with Crippen molar-refractivity contribution in [2.75, 3.05) is 26.3 Å². The predicted octanol–water partition coefficient (Wildman–Crippen LogP) is 7.27. The van der Waals surface area contributed by atoms with Crippen LogP contribution in [0.3, 0.4) is 0 Å². The van der Waals surface area contributed by atoms with Crippen molar-refractivity contribution in [3.05, 3.63) is 12.2 Å². The quantitative estimate of drug-likeness (QED) is 0.0526. The summed E-state index contributed by atoms with van der Waals surface area (Å²) in [4.78, 5) is 24.5. The van der Waals surface area contributed by atoms with Crippen LogP contribution in [0.1, 0.15) is 84.5 Å². The van der Waals surface area contributed by atoms with Crippen LogP contribution >= 0.6 is 0 Å². The molecule has 0 aliphatic carbocycles. The highest BCUT2D eigenvalue weighted by Gasteiger charge is 2.57. The van der Waals surface area contributed by atoms with Gasteiger partial charge in [-0.3, -0.25) is 4.79 Å². The van der Waals surface area contributed by atoms with E-state index in [0.717, 1.165) is 12.8 Å². The molecule has 254 valence electrons. The van der Waals surface area contributed by atoms with E-state index in [0.29, 0.717) is 25.9 Å². The summed E-state index contributed by atoms with van der Waals surface area (Å²) in [7, 11) is 0. The molecule has 2 N–H and O–H groups in total. The summed E-state index contributed by atoms with van der Waals surface area (Å²) in [6.45, 7) is 7.22. The largest absolute Gasteiger partial charge is 0.464 e. The molecule has 0 saturated heterocycles. The number of halogens is 10. The van der Waals surface area contributed by atoms with E-state index in [1.54, 1.807) is 0 Å². The normalized spacial score (nSPS) is 14.3. The highest BCUT2D eigenvalue weighted by molar-refractivity contribution is 5.93. The molecule has 0 radical (unpaired) electrons. The molecule has 0 spiro atoms. The van der Waals surface area contributed by atoms with Gasteiger partial charge in [0.2, 0.25) is 0 Å². The van der Waals surface area contributed by atoms with E-state index in [1.165, 1.54) is 0 Å². The Morgan fingerprint density at radius 3 is 1.44 bits per heavy atom. The molecular weight excluding hydrogens is 606 g/mol. The molecule has 0 aliphatic rings. The van der Waals surface area contributed by atoms with Gasteiger partial charge in [-0.1, -0.05) is 33.3 Å². The molecule has 16 heteroatoms. The zero-order chi connectivity index (χ0) is 33.3. The third kappa shape index (κ3) is 17.1. The van der Waals surface area contributed by atoms with Crippen molar-refractivity contribution in [1.29, 1.82) is 0 Å². The number of carbonyl (C=O) groups is 2. The van der Waals surface area contributed by atoms with Crippen LogP contribution in [0, 0.1) is 0 Å². The van der Waals surface area contributed by atoms with Crippen molar-refractivity contribution >= 4 is 11.9 Å². The minimum atomic E-state index is -5.68. The number of unbranched alkanes of at least 4 members (excludes halogenated alkanes) is 2. The maximum Gasteiger partial charge on any atom is 0.453 e. The summed E-state index contributed by atoms with van der Waals surface area (Å²) in [6.07, 6.45) is -13.3. The monoisotopic (exact) mass is 648 g/mol. The third-order valence-electron chi connectivity index (χ3n) is 6.35. The molecule has 0 heterocycles. The molecular formula is C27H42F10N2O4. The summed E-state index contributed by atoms with van der Waals surface area (Å²) in [5, 5.41) is 5.86. The first-order chi connectivity index (χ1) is 19.8. The van der Waals surface area contributed by atoms with Crippen LogP contribution in [0.5, 0.6) is 0 Å². The van der Waals surface area contributed by atoms with Gasteiger partial charge >= 0.3 is 36.1 Å². The number of alkyl halides is 10. The van der Waals surface area contributed by atoms with Crippen molar-refractivity contribution in [2.24, 2.45) is 0 Å². The second-order valence-electron chi connectivity index (χ2n) is 10.3. The molecule has 6 nitrogen and oxygen atoms in total. The number of esters is 2. The van der Waals surface area contributed by atoms with Gasteiger partial charge in [-0.05, 0) is 51.6 Å². The average molecular weight is 649 g/mol. The predicted molar refractivity (Wildman–Crippen MR) is 139 cm³/mol. The topological polar surface area (TPSA) is 76.7 Å². The summed E-state index contributed by atoms with van der Waals surface area (Å²) >= 11 is 0. The van der Waals surface area contributed by atoms with Gasteiger partial charge in [0.05, 0.1) is 6.42 Å². The van der Waals surface area contributed by atoms with Crippen LogP contribution in [0.25, 0.3) is 0 Å². The van der Waals surface area contributed by atoms with Crippen molar-refractivity contribution < 1.29 is 63.0 Å². The van der Waals surface area contributed by atoms with E-state index in [9.17, 15) is 53.5 Å². The van der Waals surface area contributed by atoms with Crippen LogP contribution < -0.4 is 10.6 Å². The molecule has 0 aromatic heterocycles. The van der Waals surface area contributed by atoms with E-state index >= 15 is 0 Å². The summed E-state index contributed by atoms with van der Waals surface area (Å²) in [6, 6.07) is -1.46.